The molecule has 168 valence electrons. The molecule has 8 nitrogen and oxygen atoms in total. The monoisotopic (exact) mass is 474 g/mol. The molecule has 0 aliphatic carbocycles. The summed E-state index contributed by atoms with van der Waals surface area (Å²) in [6.45, 7) is 7.12. The molecule has 3 aromatic rings. The zero-order valence-electron chi connectivity index (χ0n) is 18.0. The summed E-state index contributed by atoms with van der Waals surface area (Å²) in [7, 11) is 0. The number of anilines is 1. The first-order valence-electron chi connectivity index (χ1n) is 10.4. The van der Waals surface area contributed by atoms with Gasteiger partial charge in [-0.3, -0.25) is 9.48 Å². The predicted molar refractivity (Wildman–Crippen MR) is 124 cm³/mol. The first kappa shape index (κ1) is 22.4. The minimum absolute atomic E-state index is 0.00134. The average molecular weight is 475 g/mol. The third-order valence-corrected chi connectivity index (χ3v) is 6.17. The van der Waals surface area contributed by atoms with E-state index < -0.39 is 0 Å². The van der Waals surface area contributed by atoms with Crippen molar-refractivity contribution in [3.63, 3.8) is 0 Å². The van der Waals surface area contributed by atoms with Crippen LogP contribution in [0.1, 0.15) is 12.6 Å². The molecular weight excluding hydrogens is 451 g/mol. The molecule has 1 saturated heterocycles. The number of ether oxygens (including phenoxy) is 1. The summed E-state index contributed by atoms with van der Waals surface area (Å²) < 4.78 is 7.22. The molecule has 1 fully saturated rings. The fourth-order valence-electron chi connectivity index (χ4n) is 3.64. The van der Waals surface area contributed by atoms with Crippen molar-refractivity contribution in [1.82, 2.24) is 24.6 Å². The van der Waals surface area contributed by atoms with E-state index in [0.29, 0.717) is 52.7 Å². The minimum atomic E-state index is -0.00134. The molecule has 0 radical (unpaired) electrons. The summed E-state index contributed by atoms with van der Waals surface area (Å²) in [5.41, 5.74) is 2.23. The zero-order chi connectivity index (χ0) is 22.7. The smallest absolute Gasteiger partial charge is 0.244 e. The maximum Gasteiger partial charge on any atom is 0.244 e. The Kier molecular flexibility index (Phi) is 6.81. The molecule has 0 bridgehead atoms. The molecule has 0 spiro atoms. The van der Waals surface area contributed by atoms with Crippen molar-refractivity contribution < 1.29 is 9.53 Å². The SMILES string of the molecule is CCOc1cc(N2CCN(C(=O)Cn3nc(-c4ncccn4)c(Cl)c3C)CC2)ccc1Cl. The van der Waals surface area contributed by atoms with E-state index >= 15 is 0 Å². The van der Waals surface area contributed by atoms with Crippen LogP contribution in [0.15, 0.2) is 36.7 Å². The highest BCUT2D eigenvalue weighted by molar-refractivity contribution is 6.33. The van der Waals surface area contributed by atoms with Crippen molar-refractivity contribution in [2.24, 2.45) is 0 Å². The number of rotatable bonds is 6. The van der Waals surface area contributed by atoms with Gasteiger partial charge in [-0.2, -0.15) is 5.10 Å². The molecule has 1 amide bonds. The molecular formula is C22H24Cl2N6O2. The molecule has 1 aliphatic rings. The normalized spacial score (nSPS) is 14.0. The molecule has 3 heterocycles. The van der Waals surface area contributed by atoms with Gasteiger partial charge >= 0.3 is 0 Å². The Labute approximate surface area is 196 Å². The van der Waals surface area contributed by atoms with Gasteiger partial charge in [0, 0.05) is 50.3 Å². The third kappa shape index (κ3) is 4.66. The number of amides is 1. The number of carbonyl (C=O) groups excluding carboxylic acids is 1. The highest BCUT2D eigenvalue weighted by Gasteiger charge is 2.24. The second kappa shape index (κ2) is 9.75. The van der Waals surface area contributed by atoms with Crippen molar-refractivity contribution in [2.45, 2.75) is 20.4 Å². The molecule has 10 heteroatoms. The van der Waals surface area contributed by atoms with Crippen molar-refractivity contribution in [3.8, 4) is 17.3 Å². The van der Waals surface area contributed by atoms with Gasteiger partial charge in [0.2, 0.25) is 5.91 Å². The fraction of sp³-hybridized carbons (Fsp3) is 0.364. The summed E-state index contributed by atoms with van der Waals surface area (Å²) in [4.78, 5) is 25.4. The largest absolute Gasteiger partial charge is 0.492 e. The van der Waals surface area contributed by atoms with E-state index in [1.54, 1.807) is 23.1 Å². The quantitative estimate of drug-likeness (QED) is 0.541. The van der Waals surface area contributed by atoms with Gasteiger partial charge in [-0.05, 0) is 32.0 Å². The number of hydrogen-bond acceptors (Lipinski definition) is 6. The molecule has 0 N–H and O–H groups in total. The van der Waals surface area contributed by atoms with Crippen LogP contribution >= 0.6 is 23.2 Å². The Hall–Kier alpha value is -2.84. The second-order valence-corrected chi connectivity index (χ2v) is 8.18. The maximum absolute atomic E-state index is 12.9. The summed E-state index contributed by atoms with van der Waals surface area (Å²) in [6.07, 6.45) is 3.27. The fourth-order valence-corrected chi connectivity index (χ4v) is 4.03. The van der Waals surface area contributed by atoms with Gasteiger partial charge in [-0.25, -0.2) is 9.97 Å². The molecule has 0 saturated carbocycles. The van der Waals surface area contributed by atoms with E-state index in [1.807, 2.05) is 36.9 Å². The lowest BCUT2D eigenvalue weighted by atomic mass is 10.2. The van der Waals surface area contributed by atoms with Gasteiger partial charge in [0.15, 0.2) is 5.82 Å². The number of hydrogen-bond donors (Lipinski definition) is 0. The molecule has 0 unspecified atom stereocenters. The van der Waals surface area contributed by atoms with Crippen LogP contribution in [0.5, 0.6) is 5.75 Å². The summed E-state index contributed by atoms with van der Waals surface area (Å²) in [5.74, 6) is 1.11. The van der Waals surface area contributed by atoms with Crippen LogP contribution in [0.25, 0.3) is 11.5 Å². The van der Waals surface area contributed by atoms with Crippen LogP contribution in [0.2, 0.25) is 10.0 Å². The first-order valence-corrected chi connectivity index (χ1v) is 11.2. The molecule has 1 aromatic carbocycles. The van der Waals surface area contributed by atoms with Crippen molar-refractivity contribution >= 4 is 34.8 Å². The highest BCUT2D eigenvalue weighted by atomic mass is 35.5. The van der Waals surface area contributed by atoms with E-state index in [0.717, 1.165) is 18.8 Å². The van der Waals surface area contributed by atoms with Crippen LogP contribution in [-0.4, -0.2) is 63.3 Å². The zero-order valence-corrected chi connectivity index (χ0v) is 19.5. The van der Waals surface area contributed by atoms with Crippen LogP contribution in [-0.2, 0) is 11.3 Å². The Morgan fingerprint density at radius 3 is 2.53 bits per heavy atom. The van der Waals surface area contributed by atoms with Crippen molar-refractivity contribution in [1.29, 1.82) is 0 Å². The number of carbonyl (C=O) groups is 1. The van der Waals surface area contributed by atoms with Gasteiger partial charge in [0.1, 0.15) is 18.0 Å². The molecule has 1 aliphatic heterocycles. The molecule has 4 rings (SSSR count). The molecule has 2 aromatic heterocycles. The van der Waals surface area contributed by atoms with Crippen LogP contribution < -0.4 is 9.64 Å². The van der Waals surface area contributed by atoms with E-state index in [4.69, 9.17) is 27.9 Å². The summed E-state index contributed by atoms with van der Waals surface area (Å²) >= 11 is 12.6. The number of nitrogens with zero attached hydrogens (tertiary/aromatic N) is 6. The second-order valence-electron chi connectivity index (χ2n) is 7.39. The maximum atomic E-state index is 12.9. The van der Waals surface area contributed by atoms with E-state index in [-0.39, 0.29) is 12.5 Å². The van der Waals surface area contributed by atoms with Gasteiger partial charge in [0.05, 0.1) is 22.3 Å². The van der Waals surface area contributed by atoms with E-state index in [9.17, 15) is 4.79 Å². The Balaban J connectivity index is 1.40. The Morgan fingerprint density at radius 1 is 1.12 bits per heavy atom. The number of benzene rings is 1. The molecule has 0 atom stereocenters. The van der Waals surface area contributed by atoms with Gasteiger partial charge < -0.3 is 14.5 Å². The van der Waals surface area contributed by atoms with Crippen molar-refractivity contribution in [3.05, 3.63) is 52.4 Å². The van der Waals surface area contributed by atoms with Crippen LogP contribution in [0.4, 0.5) is 5.69 Å². The topological polar surface area (TPSA) is 76.4 Å². The Bertz CT molecular complexity index is 1100. The number of aromatic nitrogens is 4. The standard InChI is InChI=1S/C22H24Cl2N6O2/c1-3-32-18-13-16(5-6-17(18)23)28-9-11-29(12-10-28)19(31)14-30-15(2)20(24)21(27-30)22-25-7-4-8-26-22/h4-8,13H,3,9-12,14H2,1-2H3. The van der Waals surface area contributed by atoms with Gasteiger partial charge in [-0.15, -0.1) is 0 Å². The summed E-state index contributed by atoms with van der Waals surface area (Å²) in [5, 5.41) is 5.54. The highest BCUT2D eigenvalue weighted by Crippen LogP contribution is 2.30. The lowest BCUT2D eigenvalue weighted by Crippen LogP contribution is -2.49. The van der Waals surface area contributed by atoms with Crippen molar-refractivity contribution in [2.75, 3.05) is 37.7 Å². The third-order valence-electron chi connectivity index (χ3n) is 5.41. The predicted octanol–water partition coefficient (Wildman–Crippen LogP) is 3.70. The number of halogens is 2. The van der Waals surface area contributed by atoms with Gasteiger partial charge in [-0.1, -0.05) is 23.2 Å². The molecule has 32 heavy (non-hydrogen) atoms. The van der Waals surface area contributed by atoms with E-state index in [2.05, 4.69) is 20.0 Å². The average Bonchev–Trinajstić information content (AvgIpc) is 3.10. The Morgan fingerprint density at radius 2 is 1.84 bits per heavy atom. The van der Waals surface area contributed by atoms with Crippen LogP contribution in [0, 0.1) is 6.92 Å². The first-order chi connectivity index (χ1) is 15.5. The van der Waals surface area contributed by atoms with E-state index in [1.165, 1.54) is 0 Å². The van der Waals surface area contributed by atoms with Gasteiger partial charge in [0.25, 0.3) is 0 Å². The summed E-state index contributed by atoms with van der Waals surface area (Å²) in [6, 6.07) is 7.50. The lowest BCUT2D eigenvalue weighted by Gasteiger charge is -2.36. The van der Waals surface area contributed by atoms with Crippen LogP contribution in [0.3, 0.4) is 0 Å². The minimum Gasteiger partial charge on any atom is -0.492 e. The number of piperazine rings is 1. The lowest BCUT2D eigenvalue weighted by molar-refractivity contribution is -0.132.